The summed E-state index contributed by atoms with van der Waals surface area (Å²) in [5.41, 5.74) is 2.35. The average molecular weight is 383 g/mol. The maximum absolute atomic E-state index is 12.2. The Morgan fingerprint density at radius 2 is 1.96 bits per heavy atom. The highest BCUT2D eigenvalue weighted by atomic mass is 16.5. The lowest BCUT2D eigenvalue weighted by Crippen LogP contribution is -2.34. The van der Waals surface area contributed by atoms with Crippen LogP contribution in [-0.2, 0) is 4.79 Å². The number of methoxy groups -OCH3 is 1. The van der Waals surface area contributed by atoms with Crippen molar-refractivity contribution in [2.75, 3.05) is 31.7 Å². The molecule has 1 N–H and O–H groups in total. The molecule has 1 amide bonds. The van der Waals surface area contributed by atoms with Crippen molar-refractivity contribution in [2.24, 2.45) is 5.92 Å². The lowest BCUT2D eigenvalue weighted by Gasteiger charge is -2.33. The van der Waals surface area contributed by atoms with E-state index >= 15 is 0 Å². The molecule has 1 heterocycles. The molecule has 0 saturated carbocycles. The average Bonchev–Trinajstić information content (AvgIpc) is 2.72. The molecule has 2 aromatic carbocycles. The number of carbonyl (C=O) groups excluding carboxylic acids is 1. The van der Waals surface area contributed by atoms with Crippen LogP contribution < -0.4 is 19.7 Å². The maximum atomic E-state index is 12.2. The van der Waals surface area contributed by atoms with Gasteiger partial charge in [-0.1, -0.05) is 25.1 Å². The van der Waals surface area contributed by atoms with E-state index in [0.29, 0.717) is 11.5 Å². The van der Waals surface area contributed by atoms with Gasteiger partial charge in [0.1, 0.15) is 11.5 Å². The van der Waals surface area contributed by atoms with E-state index < -0.39 is 0 Å². The number of anilines is 1. The van der Waals surface area contributed by atoms with Crippen molar-refractivity contribution >= 4 is 11.6 Å². The SMILES string of the molecule is COc1cccc(OCC(=O)N[C@@H](C)c2ccc(N3CCC[C@H](C)C3)cc2)c1. The van der Waals surface area contributed by atoms with Crippen LogP contribution in [0.5, 0.6) is 11.5 Å². The number of hydrogen-bond acceptors (Lipinski definition) is 4. The number of benzene rings is 2. The second kappa shape index (κ2) is 9.49. The van der Waals surface area contributed by atoms with E-state index in [1.54, 1.807) is 19.2 Å². The lowest BCUT2D eigenvalue weighted by atomic mass is 9.99. The van der Waals surface area contributed by atoms with Crippen molar-refractivity contribution in [3.05, 3.63) is 54.1 Å². The summed E-state index contributed by atoms with van der Waals surface area (Å²) in [7, 11) is 1.60. The maximum Gasteiger partial charge on any atom is 0.258 e. The highest BCUT2D eigenvalue weighted by molar-refractivity contribution is 5.78. The first-order chi connectivity index (χ1) is 13.5. The fourth-order valence-corrected chi connectivity index (χ4v) is 3.60. The lowest BCUT2D eigenvalue weighted by molar-refractivity contribution is -0.123. The first kappa shape index (κ1) is 20.1. The molecule has 3 rings (SSSR count). The number of nitrogens with zero attached hydrogens (tertiary/aromatic N) is 1. The van der Waals surface area contributed by atoms with E-state index in [4.69, 9.17) is 9.47 Å². The van der Waals surface area contributed by atoms with Crippen LogP contribution in [0.15, 0.2) is 48.5 Å². The molecule has 0 bridgehead atoms. The fraction of sp³-hybridized carbons (Fsp3) is 0.435. The fourth-order valence-electron chi connectivity index (χ4n) is 3.60. The molecule has 0 unspecified atom stereocenters. The quantitative estimate of drug-likeness (QED) is 0.780. The monoisotopic (exact) mass is 382 g/mol. The predicted octanol–water partition coefficient (Wildman–Crippen LogP) is 4.19. The Balaban J connectivity index is 1.50. The highest BCUT2D eigenvalue weighted by Gasteiger charge is 2.17. The van der Waals surface area contributed by atoms with Gasteiger partial charge in [-0.15, -0.1) is 0 Å². The molecule has 1 saturated heterocycles. The first-order valence-electron chi connectivity index (χ1n) is 9.96. The van der Waals surface area contributed by atoms with Crippen molar-refractivity contribution in [1.29, 1.82) is 0 Å². The number of hydrogen-bond donors (Lipinski definition) is 1. The minimum atomic E-state index is -0.149. The van der Waals surface area contributed by atoms with E-state index in [1.807, 2.05) is 19.1 Å². The summed E-state index contributed by atoms with van der Waals surface area (Å²) in [5, 5.41) is 2.99. The van der Waals surface area contributed by atoms with Gasteiger partial charge in [0.05, 0.1) is 13.2 Å². The van der Waals surface area contributed by atoms with Gasteiger partial charge in [0.15, 0.2) is 6.61 Å². The van der Waals surface area contributed by atoms with Crippen LogP contribution in [0.4, 0.5) is 5.69 Å². The molecule has 5 nitrogen and oxygen atoms in total. The zero-order valence-electron chi connectivity index (χ0n) is 17.0. The van der Waals surface area contributed by atoms with Crippen LogP contribution in [0.3, 0.4) is 0 Å². The Morgan fingerprint density at radius 3 is 2.68 bits per heavy atom. The first-order valence-corrected chi connectivity index (χ1v) is 9.96. The Bertz CT molecular complexity index is 776. The molecule has 2 aromatic rings. The van der Waals surface area contributed by atoms with Crippen molar-refractivity contribution in [3.8, 4) is 11.5 Å². The van der Waals surface area contributed by atoms with E-state index in [-0.39, 0.29) is 18.6 Å². The van der Waals surface area contributed by atoms with Gasteiger partial charge in [-0.3, -0.25) is 4.79 Å². The third kappa shape index (κ3) is 5.41. The molecule has 150 valence electrons. The summed E-state index contributed by atoms with van der Waals surface area (Å²) >= 11 is 0. The van der Waals surface area contributed by atoms with E-state index in [2.05, 4.69) is 41.4 Å². The van der Waals surface area contributed by atoms with Crippen LogP contribution in [-0.4, -0.2) is 32.7 Å². The summed E-state index contributed by atoms with van der Waals surface area (Å²) in [6.07, 6.45) is 2.57. The van der Waals surface area contributed by atoms with Gasteiger partial charge in [0, 0.05) is 24.8 Å². The summed E-state index contributed by atoms with van der Waals surface area (Å²) < 4.78 is 10.7. The number of piperidine rings is 1. The Hall–Kier alpha value is -2.69. The molecule has 28 heavy (non-hydrogen) atoms. The molecule has 5 heteroatoms. The number of rotatable bonds is 7. The largest absolute Gasteiger partial charge is 0.497 e. The van der Waals surface area contributed by atoms with Gasteiger partial charge < -0.3 is 19.7 Å². The standard InChI is InChI=1S/C23H30N2O3/c1-17-6-5-13-25(15-17)20-11-9-19(10-12-20)18(2)24-23(26)16-28-22-8-4-7-21(14-22)27-3/h4,7-12,14,17-18H,5-6,13,15-16H2,1-3H3,(H,24,26)/t17-,18-/m0/s1. The molecular formula is C23H30N2O3. The smallest absolute Gasteiger partial charge is 0.258 e. The van der Waals surface area contributed by atoms with Gasteiger partial charge in [-0.05, 0) is 55.5 Å². The minimum absolute atomic E-state index is 0.0265. The van der Waals surface area contributed by atoms with E-state index in [9.17, 15) is 4.79 Å². The molecule has 1 aliphatic rings. The van der Waals surface area contributed by atoms with Crippen LogP contribution >= 0.6 is 0 Å². The van der Waals surface area contributed by atoms with Crippen molar-refractivity contribution in [3.63, 3.8) is 0 Å². The second-order valence-corrected chi connectivity index (χ2v) is 7.54. The Labute approximate surface area is 167 Å². The van der Waals surface area contributed by atoms with Crippen LogP contribution in [0, 0.1) is 5.92 Å². The molecule has 0 aromatic heterocycles. The number of nitrogens with one attached hydrogen (secondary N) is 1. The highest BCUT2D eigenvalue weighted by Crippen LogP contribution is 2.24. The van der Waals surface area contributed by atoms with Gasteiger partial charge in [-0.25, -0.2) is 0 Å². The number of carbonyl (C=O) groups is 1. The molecule has 1 fully saturated rings. The van der Waals surface area contributed by atoms with Gasteiger partial charge in [0.2, 0.25) is 0 Å². The Morgan fingerprint density at radius 1 is 1.21 bits per heavy atom. The molecule has 0 spiro atoms. The normalized spacial score (nSPS) is 17.7. The zero-order chi connectivity index (χ0) is 19.9. The second-order valence-electron chi connectivity index (χ2n) is 7.54. The summed E-state index contributed by atoms with van der Waals surface area (Å²) in [6, 6.07) is 15.7. The van der Waals surface area contributed by atoms with Gasteiger partial charge in [-0.2, -0.15) is 0 Å². The summed E-state index contributed by atoms with van der Waals surface area (Å²) in [5.74, 6) is 1.91. The molecule has 2 atom stereocenters. The third-order valence-electron chi connectivity index (χ3n) is 5.20. The van der Waals surface area contributed by atoms with Crippen LogP contribution in [0.2, 0.25) is 0 Å². The molecule has 0 aliphatic carbocycles. The molecular weight excluding hydrogens is 352 g/mol. The van der Waals surface area contributed by atoms with Gasteiger partial charge >= 0.3 is 0 Å². The van der Waals surface area contributed by atoms with Crippen molar-refractivity contribution < 1.29 is 14.3 Å². The van der Waals surface area contributed by atoms with Crippen LogP contribution in [0.1, 0.15) is 38.3 Å². The Kier molecular flexibility index (Phi) is 6.80. The van der Waals surface area contributed by atoms with Crippen molar-refractivity contribution in [2.45, 2.75) is 32.7 Å². The van der Waals surface area contributed by atoms with Crippen LogP contribution in [0.25, 0.3) is 0 Å². The zero-order valence-corrected chi connectivity index (χ0v) is 17.0. The molecule has 0 radical (unpaired) electrons. The third-order valence-corrected chi connectivity index (χ3v) is 5.20. The minimum Gasteiger partial charge on any atom is -0.497 e. The number of ether oxygens (including phenoxy) is 2. The summed E-state index contributed by atoms with van der Waals surface area (Å²) in [6.45, 7) is 6.51. The van der Waals surface area contributed by atoms with E-state index in [0.717, 1.165) is 24.6 Å². The summed E-state index contributed by atoms with van der Waals surface area (Å²) in [4.78, 5) is 14.7. The number of amides is 1. The topological polar surface area (TPSA) is 50.8 Å². The van der Waals surface area contributed by atoms with E-state index in [1.165, 1.54) is 18.5 Å². The van der Waals surface area contributed by atoms with Gasteiger partial charge in [0.25, 0.3) is 5.91 Å². The molecule has 1 aliphatic heterocycles. The predicted molar refractivity (Wildman–Crippen MR) is 112 cm³/mol. The van der Waals surface area contributed by atoms with Crippen molar-refractivity contribution in [1.82, 2.24) is 5.32 Å².